The molecule has 0 radical (unpaired) electrons. The third-order valence-electron chi connectivity index (χ3n) is 3.54. The van der Waals surface area contributed by atoms with Gasteiger partial charge in [0.15, 0.2) is 0 Å². The molecule has 2 aromatic rings. The SMILES string of the molecule is Cc1cncc([C@H]2CCCN(C(=O)c3cncs3)C2)n1. The Morgan fingerprint density at radius 1 is 1.35 bits per heavy atom. The zero-order valence-corrected chi connectivity index (χ0v) is 12.1. The molecule has 2 aromatic heterocycles. The maximum Gasteiger partial charge on any atom is 0.265 e. The molecule has 1 atom stereocenters. The van der Waals surface area contributed by atoms with Gasteiger partial charge < -0.3 is 4.90 Å². The van der Waals surface area contributed by atoms with Crippen LogP contribution in [0.15, 0.2) is 24.1 Å². The molecule has 104 valence electrons. The summed E-state index contributed by atoms with van der Waals surface area (Å²) in [4.78, 5) is 27.7. The summed E-state index contributed by atoms with van der Waals surface area (Å²) in [5.74, 6) is 0.367. The number of aryl methyl sites for hydroxylation is 1. The fourth-order valence-electron chi connectivity index (χ4n) is 2.56. The summed E-state index contributed by atoms with van der Waals surface area (Å²) >= 11 is 1.39. The molecule has 1 saturated heterocycles. The Morgan fingerprint density at radius 2 is 2.25 bits per heavy atom. The summed E-state index contributed by atoms with van der Waals surface area (Å²) in [5, 5.41) is 0. The average molecular weight is 288 g/mol. The molecule has 3 heterocycles. The number of carbonyl (C=O) groups is 1. The highest BCUT2D eigenvalue weighted by molar-refractivity contribution is 7.11. The summed E-state index contributed by atoms with van der Waals surface area (Å²) in [6.07, 6.45) is 7.28. The normalized spacial score (nSPS) is 19.1. The molecule has 0 bridgehead atoms. The Kier molecular flexibility index (Phi) is 3.73. The Bertz CT molecular complexity index is 599. The van der Waals surface area contributed by atoms with Gasteiger partial charge in [-0.2, -0.15) is 0 Å². The lowest BCUT2D eigenvalue weighted by atomic mass is 9.95. The van der Waals surface area contributed by atoms with E-state index in [2.05, 4.69) is 15.0 Å². The first-order valence-electron chi connectivity index (χ1n) is 6.70. The largest absolute Gasteiger partial charge is 0.337 e. The van der Waals surface area contributed by atoms with Crippen LogP contribution in [0.5, 0.6) is 0 Å². The number of piperidine rings is 1. The van der Waals surface area contributed by atoms with Gasteiger partial charge in [0.25, 0.3) is 5.91 Å². The number of aromatic nitrogens is 3. The maximum absolute atomic E-state index is 12.4. The highest BCUT2D eigenvalue weighted by atomic mass is 32.1. The van der Waals surface area contributed by atoms with Gasteiger partial charge in [-0.05, 0) is 19.8 Å². The predicted molar refractivity (Wildman–Crippen MR) is 76.8 cm³/mol. The molecule has 1 aliphatic heterocycles. The highest BCUT2D eigenvalue weighted by Crippen LogP contribution is 2.26. The number of thiazole rings is 1. The molecule has 0 saturated carbocycles. The minimum absolute atomic E-state index is 0.0813. The van der Waals surface area contributed by atoms with Crippen molar-refractivity contribution in [3.8, 4) is 0 Å². The predicted octanol–water partition coefficient (Wildman–Crippen LogP) is 2.26. The number of likely N-dealkylation sites (tertiary alicyclic amines) is 1. The molecule has 1 amide bonds. The summed E-state index contributed by atoms with van der Waals surface area (Å²) in [6, 6.07) is 0. The van der Waals surface area contributed by atoms with Gasteiger partial charge in [-0.1, -0.05) is 0 Å². The lowest BCUT2D eigenvalue weighted by Gasteiger charge is -2.32. The van der Waals surface area contributed by atoms with Crippen molar-refractivity contribution in [2.24, 2.45) is 0 Å². The first-order chi connectivity index (χ1) is 9.74. The number of nitrogens with zero attached hydrogens (tertiary/aromatic N) is 4. The molecule has 0 unspecified atom stereocenters. The fourth-order valence-corrected chi connectivity index (χ4v) is 3.15. The average Bonchev–Trinajstić information content (AvgIpc) is 3.01. The van der Waals surface area contributed by atoms with E-state index < -0.39 is 0 Å². The van der Waals surface area contributed by atoms with Gasteiger partial charge in [-0.25, -0.2) is 0 Å². The molecule has 3 rings (SSSR count). The van der Waals surface area contributed by atoms with E-state index in [0.717, 1.165) is 37.3 Å². The smallest absolute Gasteiger partial charge is 0.265 e. The molecule has 1 fully saturated rings. The summed E-state index contributed by atoms with van der Waals surface area (Å²) < 4.78 is 0. The topological polar surface area (TPSA) is 59.0 Å². The van der Waals surface area contributed by atoms with Crippen LogP contribution in [-0.2, 0) is 0 Å². The van der Waals surface area contributed by atoms with Crippen LogP contribution in [0.4, 0.5) is 0 Å². The van der Waals surface area contributed by atoms with E-state index in [9.17, 15) is 4.79 Å². The second-order valence-electron chi connectivity index (χ2n) is 5.04. The van der Waals surface area contributed by atoms with E-state index in [4.69, 9.17) is 0 Å². The Labute approximate surface area is 121 Å². The van der Waals surface area contributed by atoms with Crippen molar-refractivity contribution < 1.29 is 4.79 Å². The minimum Gasteiger partial charge on any atom is -0.337 e. The summed E-state index contributed by atoms with van der Waals surface area (Å²) in [5.41, 5.74) is 3.61. The van der Waals surface area contributed by atoms with Gasteiger partial charge in [0.2, 0.25) is 0 Å². The van der Waals surface area contributed by atoms with Crippen LogP contribution in [0, 0.1) is 6.92 Å². The van der Waals surface area contributed by atoms with Gasteiger partial charge in [0.1, 0.15) is 4.88 Å². The standard InChI is InChI=1S/C14H16N4OS/c1-10-5-15-6-12(17-10)11-3-2-4-18(8-11)14(19)13-7-16-9-20-13/h5-7,9,11H,2-4,8H2,1H3/t11-/m0/s1. The van der Waals surface area contributed by atoms with Crippen LogP contribution in [0.1, 0.15) is 39.8 Å². The third kappa shape index (κ3) is 2.70. The molecule has 0 spiro atoms. The van der Waals surface area contributed by atoms with Gasteiger partial charge in [-0.3, -0.25) is 19.7 Å². The number of amides is 1. The molecule has 5 nitrogen and oxygen atoms in total. The quantitative estimate of drug-likeness (QED) is 0.850. The van der Waals surface area contributed by atoms with Gasteiger partial charge in [0, 0.05) is 31.4 Å². The Balaban J connectivity index is 1.75. The molecular formula is C14H16N4OS. The first-order valence-corrected chi connectivity index (χ1v) is 7.58. The maximum atomic E-state index is 12.4. The minimum atomic E-state index is 0.0813. The molecule has 0 N–H and O–H groups in total. The Morgan fingerprint density at radius 3 is 3.00 bits per heavy atom. The van der Waals surface area contributed by atoms with Crippen LogP contribution in [0.25, 0.3) is 0 Å². The van der Waals surface area contributed by atoms with E-state index in [1.807, 2.05) is 18.0 Å². The van der Waals surface area contributed by atoms with E-state index in [1.165, 1.54) is 11.3 Å². The summed E-state index contributed by atoms with van der Waals surface area (Å²) in [6.45, 7) is 3.47. The van der Waals surface area contributed by atoms with Crippen molar-refractivity contribution in [2.45, 2.75) is 25.7 Å². The van der Waals surface area contributed by atoms with Crippen molar-refractivity contribution in [3.05, 3.63) is 40.4 Å². The van der Waals surface area contributed by atoms with Crippen LogP contribution in [-0.4, -0.2) is 38.8 Å². The van der Waals surface area contributed by atoms with Crippen molar-refractivity contribution in [1.82, 2.24) is 19.9 Å². The number of rotatable bonds is 2. The van der Waals surface area contributed by atoms with Crippen molar-refractivity contribution in [2.75, 3.05) is 13.1 Å². The van der Waals surface area contributed by atoms with E-state index in [-0.39, 0.29) is 11.8 Å². The lowest BCUT2D eigenvalue weighted by Crippen LogP contribution is -2.39. The number of hydrogen-bond acceptors (Lipinski definition) is 5. The zero-order valence-electron chi connectivity index (χ0n) is 11.3. The van der Waals surface area contributed by atoms with E-state index in [1.54, 1.807) is 17.9 Å². The van der Waals surface area contributed by atoms with Crippen LogP contribution < -0.4 is 0 Å². The molecular weight excluding hydrogens is 272 g/mol. The lowest BCUT2D eigenvalue weighted by molar-refractivity contribution is 0.0710. The molecule has 0 aliphatic carbocycles. The number of carbonyl (C=O) groups excluding carboxylic acids is 1. The van der Waals surface area contributed by atoms with Crippen molar-refractivity contribution in [1.29, 1.82) is 0 Å². The fraction of sp³-hybridized carbons (Fsp3) is 0.429. The third-order valence-corrected chi connectivity index (χ3v) is 4.30. The van der Waals surface area contributed by atoms with Crippen LogP contribution in [0.3, 0.4) is 0 Å². The van der Waals surface area contributed by atoms with Crippen molar-refractivity contribution >= 4 is 17.2 Å². The van der Waals surface area contributed by atoms with Gasteiger partial charge in [-0.15, -0.1) is 11.3 Å². The molecule has 1 aliphatic rings. The highest BCUT2D eigenvalue weighted by Gasteiger charge is 2.27. The van der Waals surface area contributed by atoms with Crippen LogP contribution in [0.2, 0.25) is 0 Å². The van der Waals surface area contributed by atoms with Gasteiger partial charge >= 0.3 is 0 Å². The molecule has 20 heavy (non-hydrogen) atoms. The van der Waals surface area contributed by atoms with E-state index in [0.29, 0.717) is 4.88 Å². The Hall–Kier alpha value is -1.82. The van der Waals surface area contributed by atoms with Crippen LogP contribution >= 0.6 is 11.3 Å². The monoisotopic (exact) mass is 288 g/mol. The van der Waals surface area contributed by atoms with E-state index >= 15 is 0 Å². The van der Waals surface area contributed by atoms with Gasteiger partial charge in [0.05, 0.1) is 23.1 Å². The second-order valence-corrected chi connectivity index (χ2v) is 5.93. The molecule has 6 heteroatoms. The first kappa shape index (κ1) is 13.2. The summed E-state index contributed by atoms with van der Waals surface area (Å²) in [7, 11) is 0. The molecule has 0 aromatic carbocycles. The second kappa shape index (κ2) is 5.66. The number of hydrogen-bond donors (Lipinski definition) is 0. The van der Waals surface area contributed by atoms with Crippen molar-refractivity contribution in [3.63, 3.8) is 0 Å². The zero-order chi connectivity index (χ0) is 13.9.